The van der Waals surface area contributed by atoms with Crippen LogP contribution in [0.1, 0.15) is 0 Å². The average molecular weight is 328 g/mol. The van der Waals surface area contributed by atoms with Crippen molar-refractivity contribution >= 4 is 22.5 Å². The van der Waals surface area contributed by atoms with Gasteiger partial charge in [0.05, 0.1) is 18.2 Å². The van der Waals surface area contributed by atoms with E-state index in [4.69, 9.17) is 4.74 Å². The largest absolute Gasteiger partial charge is 0.494 e. The second kappa shape index (κ2) is 6.45. The number of anilines is 1. The van der Waals surface area contributed by atoms with Crippen molar-refractivity contribution in [1.29, 1.82) is 0 Å². The summed E-state index contributed by atoms with van der Waals surface area (Å²) in [6.07, 6.45) is 0. The number of fused-ring (bicyclic) bond motifs is 1. The number of nitrogens with one attached hydrogen (secondary N) is 1. The molecule has 24 heavy (non-hydrogen) atoms. The van der Waals surface area contributed by atoms with E-state index in [2.05, 4.69) is 15.6 Å². The van der Waals surface area contributed by atoms with Crippen LogP contribution in [-0.2, 0) is 11.3 Å². The van der Waals surface area contributed by atoms with E-state index in [1.54, 1.807) is 24.3 Å². The number of halogens is 1. The van der Waals surface area contributed by atoms with Gasteiger partial charge in [-0.15, -0.1) is 5.10 Å². The maximum absolute atomic E-state index is 13.2. The van der Waals surface area contributed by atoms with Crippen LogP contribution in [0.4, 0.5) is 10.1 Å². The molecule has 0 saturated heterocycles. The number of benzene rings is 2. The number of nitrogens with zero attached hydrogens (tertiary/aromatic N) is 3. The van der Waals surface area contributed by atoms with Gasteiger partial charge in [-0.2, -0.15) is 0 Å². The predicted molar refractivity (Wildman–Crippen MR) is 85.4 cm³/mol. The Labute approximate surface area is 135 Å². The lowest BCUT2D eigenvalue weighted by molar-refractivity contribution is -0.117. The third-order valence-corrected chi connectivity index (χ3v) is 3.36. The van der Waals surface area contributed by atoms with Gasteiger partial charge in [-0.3, -0.25) is 9.59 Å². The lowest BCUT2D eigenvalue weighted by atomic mass is 10.2. The Bertz CT molecular complexity index is 971. The molecule has 0 aliphatic carbocycles. The highest BCUT2D eigenvalue weighted by molar-refractivity contribution is 5.92. The minimum Gasteiger partial charge on any atom is -0.494 e. The van der Waals surface area contributed by atoms with Crippen molar-refractivity contribution in [2.45, 2.75) is 6.54 Å². The number of amides is 1. The summed E-state index contributed by atoms with van der Waals surface area (Å²) in [4.78, 5) is 24.4. The molecule has 0 atom stereocenters. The number of ether oxygens (including phenoxy) is 1. The average Bonchev–Trinajstić information content (AvgIpc) is 2.59. The highest BCUT2D eigenvalue weighted by atomic mass is 19.1. The fourth-order valence-corrected chi connectivity index (χ4v) is 2.22. The minimum atomic E-state index is -0.508. The van der Waals surface area contributed by atoms with Gasteiger partial charge in [0.1, 0.15) is 23.6 Å². The first kappa shape index (κ1) is 15.6. The number of carbonyl (C=O) groups excluding carboxylic acids is 1. The van der Waals surface area contributed by atoms with E-state index in [0.29, 0.717) is 16.6 Å². The molecule has 8 heteroatoms. The van der Waals surface area contributed by atoms with E-state index in [0.717, 1.165) is 10.7 Å². The van der Waals surface area contributed by atoms with Gasteiger partial charge in [-0.25, -0.2) is 9.07 Å². The van der Waals surface area contributed by atoms with E-state index >= 15 is 0 Å². The van der Waals surface area contributed by atoms with Crippen molar-refractivity contribution in [3.63, 3.8) is 0 Å². The van der Waals surface area contributed by atoms with E-state index in [-0.39, 0.29) is 12.3 Å². The lowest BCUT2D eigenvalue weighted by Gasteiger charge is -2.10. The number of methoxy groups -OCH3 is 1. The Morgan fingerprint density at radius 1 is 1.29 bits per heavy atom. The normalized spacial score (nSPS) is 10.6. The van der Waals surface area contributed by atoms with E-state index in [1.807, 2.05) is 0 Å². The first-order chi connectivity index (χ1) is 11.6. The summed E-state index contributed by atoms with van der Waals surface area (Å²) in [6, 6.07) is 10.5. The van der Waals surface area contributed by atoms with Crippen molar-refractivity contribution in [3.8, 4) is 5.75 Å². The topological polar surface area (TPSA) is 86.1 Å². The third kappa shape index (κ3) is 3.07. The minimum absolute atomic E-state index is 0.181. The van der Waals surface area contributed by atoms with Gasteiger partial charge in [0, 0.05) is 6.07 Å². The first-order valence-corrected chi connectivity index (χ1v) is 7.04. The molecule has 2 aromatic carbocycles. The molecule has 0 radical (unpaired) electrons. The molecule has 3 rings (SSSR count). The van der Waals surface area contributed by atoms with Crippen LogP contribution in [0.5, 0.6) is 5.75 Å². The monoisotopic (exact) mass is 328 g/mol. The molecule has 0 bridgehead atoms. The molecular formula is C16H13FN4O3. The molecule has 0 aliphatic rings. The number of rotatable bonds is 4. The van der Waals surface area contributed by atoms with Gasteiger partial charge in [0.2, 0.25) is 5.91 Å². The van der Waals surface area contributed by atoms with Crippen LogP contribution >= 0.6 is 0 Å². The van der Waals surface area contributed by atoms with E-state index in [1.165, 1.54) is 19.2 Å². The molecule has 0 spiro atoms. The van der Waals surface area contributed by atoms with Crippen molar-refractivity contribution in [3.05, 3.63) is 58.6 Å². The Morgan fingerprint density at radius 3 is 2.88 bits per heavy atom. The van der Waals surface area contributed by atoms with Gasteiger partial charge < -0.3 is 10.1 Å². The second-order valence-corrected chi connectivity index (χ2v) is 4.96. The van der Waals surface area contributed by atoms with Crippen molar-refractivity contribution in [2.75, 3.05) is 12.4 Å². The molecule has 1 amide bonds. The summed E-state index contributed by atoms with van der Waals surface area (Å²) in [7, 11) is 1.36. The molecule has 3 aromatic rings. The highest BCUT2D eigenvalue weighted by Gasteiger charge is 2.12. The fraction of sp³-hybridized carbons (Fsp3) is 0.125. The highest BCUT2D eigenvalue weighted by Crippen LogP contribution is 2.24. The maximum Gasteiger partial charge on any atom is 0.278 e. The predicted octanol–water partition coefficient (Wildman–Crippen LogP) is 1.58. The van der Waals surface area contributed by atoms with Crippen LogP contribution in [0, 0.1) is 5.82 Å². The van der Waals surface area contributed by atoms with Gasteiger partial charge in [0.15, 0.2) is 0 Å². The lowest BCUT2D eigenvalue weighted by Crippen LogP contribution is -2.30. The van der Waals surface area contributed by atoms with Crippen molar-refractivity contribution in [1.82, 2.24) is 15.0 Å². The fourth-order valence-electron chi connectivity index (χ4n) is 2.22. The molecule has 0 aliphatic heterocycles. The summed E-state index contributed by atoms with van der Waals surface area (Å²) in [5.41, 5.74) is 0.340. The third-order valence-electron chi connectivity index (χ3n) is 3.36. The number of hydrogen-bond donors (Lipinski definition) is 1. The SMILES string of the molecule is COc1cc(F)ccc1NC(=O)Cn1nnc2ccccc2c1=O. The molecule has 0 saturated carbocycles. The smallest absolute Gasteiger partial charge is 0.278 e. The van der Waals surface area contributed by atoms with Gasteiger partial charge >= 0.3 is 0 Å². The number of hydrogen-bond acceptors (Lipinski definition) is 5. The van der Waals surface area contributed by atoms with Gasteiger partial charge in [-0.05, 0) is 24.3 Å². The van der Waals surface area contributed by atoms with E-state index < -0.39 is 17.3 Å². The van der Waals surface area contributed by atoms with Crippen LogP contribution in [0.25, 0.3) is 10.9 Å². The summed E-state index contributed by atoms with van der Waals surface area (Å²) < 4.78 is 19.1. The number of carbonyl (C=O) groups is 1. The Balaban J connectivity index is 1.83. The first-order valence-electron chi connectivity index (χ1n) is 7.04. The zero-order chi connectivity index (χ0) is 17.1. The number of aromatic nitrogens is 3. The molecule has 1 aromatic heterocycles. The van der Waals surface area contributed by atoms with Crippen molar-refractivity contribution < 1.29 is 13.9 Å². The molecule has 1 N–H and O–H groups in total. The molecule has 0 fully saturated rings. The molecular weight excluding hydrogens is 315 g/mol. The zero-order valence-corrected chi connectivity index (χ0v) is 12.7. The quantitative estimate of drug-likeness (QED) is 0.786. The summed E-state index contributed by atoms with van der Waals surface area (Å²) >= 11 is 0. The van der Waals surface area contributed by atoms with Crippen molar-refractivity contribution in [2.24, 2.45) is 0 Å². The van der Waals surface area contributed by atoms with Gasteiger partial charge in [-0.1, -0.05) is 17.3 Å². The maximum atomic E-state index is 13.2. The molecule has 1 heterocycles. The summed E-state index contributed by atoms with van der Waals surface area (Å²) in [5.74, 6) is -0.812. The summed E-state index contributed by atoms with van der Waals surface area (Å²) in [5, 5.41) is 10.6. The van der Waals surface area contributed by atoms with Crippen LogP contribution in [0.3, 0.4) is 0 Å². The van der Waals surface area contributed by atoms with Crippen LogP contribution in [0.2, 0.25) is 0 Å². The summed E-state index contributed by atoms with van der Waals surface area (Å²) in [6.45, 7) is -0.322. The molecule has 7 nitrogen and oxygen atoms in total. The van der Waals surface area contributed by atoms with Crippen LogP contribution in [-0.4, -0.2) is 28.0 Å². The van der Waals surface area contributed by atoms with Gasteiger partial charge in [0.25, 0.3) is 5.56 Å². The Morgan fingerprint density at radius 2 is 2.08 bits per heavy atom. The van der Waals surface area contributed by atoms with Crippen LogP contribution in [0.15, 0.2) is 47.3 Å². The standard InChI is InChI=1S/C16H13FN4O3/c1-24-14-8-10(17)6-7-13(14)18-15(22)9-21-16(23)11-4-2-3-5-12(11)19-20-21/h2-8H,9H2,1H3,(H,18,22). The Kier molecular flexibility index (Phi) is 4.19. The second-order valence-electron chi connectivity index (χ2n) is 4.96. The molecule has 0 unspecified atom stereocenters. The van der Waals surface area contributed by atoms with E-state index in [9.17, 15) is 14.0 Å². The van der Waals surface area contributed by atoms with Crippen LogP contribution < -0.4 is 15.6 Å². The molecule has 122 valence electrons. The zero-order valence-electron chi connectivity index (χ0n) is 12.7. The Hall–Kier alpha value is -3.29.